The molecule has 0 aliphatic heterocycles. The number of carboxylic acids is 1. The number of hydrogen-bond acceptors (Lipinski definition) is 3. The third kappa shape index (κ3) is 10.0. The normalized spacial score (nSPS) is 9.72. The molecule has 0 aliphatic rings. The fraction of sp³-hybridized carbons (Fsp3) is 0.583. The van der Waals surface area contributed by atoms with Gasteiger partial charge in [-0.15, -0.1) is 35.2 Å². The second-order valence-electron chi connectivity index (χ2n) is 3.99. The van der Waals surface area contributed by atoms with Gasteiger partial charge < -0.3 is 10.4 Å². The van der Waals surface area contributed by atoms with E-state index in [1.807, 2.05) is 11.6 Å². The minimum Gasteiger partial charge on any atom is -0.658 e. The molecule has 0 amide bonds. The molecule has 1 aromatic heterocycles. The van der Waals surface area contributed by atoms with Crippen molar-refractivity contribution in [3.63, 3.8) is 0 Å². The Morgan fingerprint density at radius 2 is 1.83 bits per heavy atom. The predicted molar refractivity (Wildman–Crippen MR) is 76.7 cm³/mol. The molecule has 0 unspecified atom stereocenters. The molecule has 1 heterocycles. The first-order valence-electron chi connectivity index (χ1n) is 5.42. The van der Waals surface area contributed by atoms with Crippen LogP contribution in [0.4, 0.5) is 0 Å². The topological polar surface area (TPSA) is 51.4 Å². The van der Waals surface area contributed by atoms with Crippen LogP contribution in [0.5, 0.6) is 0 Å². The van der Waals surface area contributed by atoms with E-state index in [1.54, 1.807) is 17.8 Å². The summed E-state index contributed by atoms with van der Waals surface area (Å²) in [6, 6.07) is 2.68. The molecule has 1 aromatic rings. The van der Waals surface area contributed by atoms with Gasteiger partial charge in [0.1, 0.15) is 4.88 Å². The van der Waals surface area contributed by atoms with Crippen LogP contribution < -0.4 is 18.9 Å². The Hall–Kier alpha value is 0.0774. The summed E-state index contributed by atoms with van der Waals surface area (Å²) in [6.07, 6.45) is 1.92. The molecule has 0 spiro atoms. The Bertz CT molecular complexity index is 335. The van der Waals surface area contributed by atoms with Gasteiger partial charge in [0.25, 0.3) is 0 Å². The number of carboxylic acid groups (broad SMARTS) is 1. The zero-order chi connectivity index (χ0) is 13.4. The summed E-state index contributed by atoms with van der Waals surface area (Å²) >= 11 is 2.82. The molecule has 0 fully saturated rings. The van der Waals surface area contributed by atoms with Crippen LogP contribution in [0.2, 0.25) is 0 Å². The molecule has 0 radical (unpaired) electrons. The van der Waals surface area contributed by atoms with Gasteiger partial charge in [-0.25, -0.2) is 4.79 Å². The molecule has 1 rings (SSSR count). The standard InChI is InChI=1S/C6H14N.C6H6O2S2.Li/c1-5(2)7-6(3)4;1-9-4-2-5(6(7)8)10-3-4;/h5-6H,1-4H3;2-3H,1H3,(H,7,8);/q-1;;+1. The summed E-state index contributed by atoms with van der Waals surface area (Å²) in [5.41, 5.74) is 0. The van der Waals surface area contributed by atoms with Gasteiger partial charge in [-0.05, 0) is 12.3 Å². The first-order chi connectivity index (χ1) is 7.86. The Morgan fingerprint density at radius 3 is 2.00 bits per heavy atom. The second-order valence-corrected chi connectivity index (χ2v) is 5.78. The van der Waals surface area contributed by atoms with Gasteiger partial charge in [0, 0.05) is 10.3 Å². The molecule has 0 aliphatic carbocycles. The van der Waals surface area contributed by atoms with Gasteiger partial charge in [-0.1, -0.05) is 27.7 Å². The van der Waals surface area contributed by atoms with E-state index in [1.165, 1.54) is 11.3 Å². The van der Waals surface area contributed by atoms with Gasteiger partial charge in [-0.3, -0.25) is 0 Å². The van der Waals surface area contributed by atoms with Crippen LogP contribution in [0.15, 0.2) is 16.3 Å². The van der Waals surface area contributed by atoms with Crippen molar-refractivity contribution in [2.45, 2.75) is 44.7 Å². The summed E-state index contributed by atoms with van der Waals surface area (Å²) in [5, 5.41) is 14.6. The quantitative estimate of drug-likeness (QED) is 0.669. The molecule has 1 N–H and O–H groups in total. The number of thioether (sulfide) groups is 1. The Labute approximate surface area is 130 Å². The minimum atomic E-state index is -0.842. The summed E-state index contributed by atoms with van der Waals surface area (Å²) in [7, 11) is 0. The van der Waals surface area contributed by atoms with E-state index in [2.05, 4.69) is 33.0 Å². The van der Waals surface area contributed by atoms with E-state index in [-0.39, 0.29) is 18.9 Å². The molecular formula is C12H20LiNO2S2. The van der Waals surface area contributed by atoms with Gasteiger partial charge in [-0.2, -0.15) is 0 Å². The van der Waals surface area contributed by atoms with Crippen LogP contribution in [0.1, 0.15) is 37.4 Å². The van der Waals surface area contributed by atoms with E-state index in [0.717, 1.165) is 4.90 Å². The summed E-state index contributed by atoms with van der Waals surface area (Å²) in [6.45, 7) is 8.39. The van der Waals surface area contributed by atoms with Crippen LogP contribution in [0, 0.1) is 0 Å². The SMILES string of the molecule is CC(C)[N-]C(C)C.CSc1csc(C(=O)O)c1.[Li+]. The maximum atomic E-state index is 10.3. The molecule has 0 saturated carbocycles. The smallest absolute Gasteiger partial charge is 0.658 e. The van der Waals surface area contributed by atoms with Gasteiger partial charge >= 0.3 is 24.8 Å². The molecule has 0 atom stereocenters. The van der Waals surface area contributed by atoms with E-state index in [0.29, 0.717) is 17.0 Å². The van der Waals surface area contributed by atoms with Crippen molar-refractivity contribution < 1.29 is 28.8 Å². The van der Waals surface area contributed by atoms with Crippen LogP contribution in [0.3, 0.4) is 0 Å². The first kappa shape index (κ1) is 20.4. The number of rotatable bonds is 4. The van der Waals surface area contributed by atoms with Crippen molar-refractivity contribution in [1.82, 2.24) is 0 Å². The van der Waals surface area contributed by atoms with Crippen LogP contribution in [-0.2, 0) is 0 Å². The summed E-state index contributed by atoms with van der Waals surface area (Å²) in [5.74, 6) is -0.842. The molecule has 0 bridgehead atoms. The summed E-state index contributed by atoms with van der Waals surface area (Å²) in [4.78, 5) is 11.8. The first-order valence-corrected chi connectivity index (χ1v) is 7.53. The second kappa shape index (κ2) is 11.0. The monoisotopic (exact) mass is 281 g/mol. The van der Waals surface area contributed by atoms with E-state index < -0.39 is 5.97 Å². The van der Waals surface area contributed by atoms with Crippen LogP contribution in [-0.4, -0.2) is 29.4 Å². The van der Waals surface area contributed by atoms with E-state index in [9.17, 15) is 4.79 Å². The molecule has 0 aromatic carbocycles. The summed E-state index contributed by atoms with van der Waals surface area (Å²) < 4.78 is 0. The van der Waals surface area contributed by atoms with Crippen molar-refractivity contribution in [3.8, 4) is 0 Å². The molecule has 98 valence electrons. The van der Waals surface area contributed by atoms with Gasteiger partial charge in [0.05, 0.1) is 0 Å². The number of carbonyl (C=O) groups is 1. The zero-order valence-corrected chi connectivity index (χ0v) is 13.6. The van der Waals surface area contributed by atoms with E-state index in [4.69, 9.17) is 5.11 Å². The van der Waals surface area contributed by atoms with Crippen molar-refractivity contribution in [2.75, 3.05) is 6.26 Å². The van der Waals surface area contributed by atoms with Gasteiger partial charge in [0.2, 0.25) is 0 Å². The third-order valence-corrected chi connectivity index (χ3v) is 3.39. The minimum absolute atomic E-state index is 0. The van der Waals surface area contributed by atoms with Crippen LogP contribution >= 0.6 is 23.1 Å². The van der Waals surface area contributed by atoms with Crippen molar-refractivity contribution in [1.29, 1.82) is 0 Å². The fourth-order valence-corrected chi connectivity index (χ4v) is 2.58. The number of thiophene rings is 1. The molecule has 0 saturated heterocycles. The van der Waals surface area contributed by atoms with Crippen molar-refractivity contribution in [3.05, 3.63) is 21.6 Å². The number of aromatic carboxylic acids is 1. The Morgan fingerprint density at radius 1 is 1.33 bits per heavy atom. The van der Waals surface area contributed by atoms with E-state index >= 15 is 0 Å². The maximum Gasteiger partial charge on any atom is 1.00 e. The molecule has 18 heavy (non-hydrogen) atoms. The number of nitrogens with zero attached hydrogens (tertiary/aromatic N) is 1. The molecule has 6 heteroatoms. The maximum absolute atomic E-state index is 10.3. The average molecular weight is 281 g/mol. The predicted octanol–water partition coefficient (Wildman–Crippen LogP) is 1.35. The van der Waals surface area contributed by atoms with Gasteiger partial charge in [0.15, 0.2) is 0 Å². The molecule has 3 nitrogen and oxygen atoms in total. The Kier molecular flexibility index (Phi) is 12.4. The Balaban J connectivity index is 0. The zero-order valence-electron chi connectivity index (χ0n) is 11.9. The largest absolute Gasteiger partial charge is 1.00 e. The average Bonchev–Trinajstić information content (AvgIpc) is 2.64. The number of hydrogen-bond donors (Lipinski definition) is 1. The third-order valence-electron chi connectivity index (χ3n) is 1.62. The van der Waals surface area contributed by atoms with Crippen molar-refractivity contribution in [2.24, 2.45) is 0 Å². The van der Waals surface area contributed by atoms with Crippen molar-refractivity contribution >= 4 is 29.1 Å². The van der Waals surface area contributed by atoms with Crippen LogP contribution in [0.25, 0.3) is 5.32 Å². The molecular weight excluding hydrogens is 261 g/mol. The fourth-order valence-electron chi connectivity index (χ4n) is 1.13.